The molecule has 106 valence electrons. The summed E-state index contributed by atoms with van der Waals surface area (Å²) in [7, 11) is 0. The molecule has 0 aliphatic carbocycles. The first-order valence-corrected chi connectivity index (χ1v) is 6.27. The number of nitrogens with zero attached hydrogens (tertiary/aromatic N) is 3. The third kappa shape index (κ3) is 3.31. The molecule has 0 aliphatic heterocycles. The highest BCUT2D eigenvalue weighted by Crippen LogP contribution is 2.12. The van der Waals surface area contributed by atoms with Gasteiger partial charge in [-0.2, -0.15) is 0 Å². The van der Waals surface area contributed by atoms with Crippen LogP contribution in [-0.4, -0.2) is 27.2 Å². The molecule has 7 nitrogen and oxygen atoms in total. The number of nitrogens with one attached hydrogen (secondary N) is 1. The third-order valence-corrected chi connectivity index (χ3v) is 2.99. The van der Waals surface area contributed by atoms with Crippen molar-refractivity contribution >= 4 is 5.91 Å². The molecule has 2 heterocycles. The van der Waals surface area contributed by atoms with Gasteiger partial charge in [-0.15, -0.1) is 0 Å². The Balaban J connectivity index is 1.85. The molecule has 0 fully saturated rings. The van der Waals surface area contributed by atoms with Gasteiger partial charge in [-0.1, -0.05) is 5.16 Å². The van der Waals surface area contributed by atoms with Crippen LogP contribution in [0.3, 0.4) is 0 Å². The van der Waals surface area contributed by atoms with Crippen molar-refractivity contribution in [3.63, 3.8) is 0 Å². The second-order valence-electron chi connectivity index (χ2n) is 4.44. The lowest BCUT2D eigenvalue weighted by Crippen LogP contribution is -2.31. The SMILES string of the molecule is Cc1noc(C)c1CC(=O)NCCn1cnccc1=O. The van der Waals surface area contributed by atoms with E-state index in [2.05, 4.69) is 15.5 Å². The number of aryl methyl sites for hydroxylation is 2. The van der Waals surface area contributed by atoms with Gasteiger partial charge < -0.3 is 9.84 Å². The zero-order chi connectivity index (χ0) is 14.5. The molecule has 0 spiro atoms. The van der Waals surface area contributed by atoms with Crippen LogP contribution >= 0.6 is 0 Å². The van der Waals surface area contributed by atoms with Crippen LogP contribution in [0, 0.1) is 13.8 Å². The minimum Gasteiger partial charge on any atom is -0.361 e. The van der Waals surface area contributed by atoms with E-state index in [1.54, 1.807) is 13.8 Å². The van der Waals surface area contributed by atoms with Gasteiger partial charge in [0.15, 0.2) is 0 Å². The van der Waals surface area contributed by atoms with Gasteiger partial charge in [0.2, 0.25) is 5.91 Å². The van der Waals surface area contributed by atoms with E-state index in [1.165, 1.54) is 23.2 Å². The monoisotopic (exact) mass is 276 g/mol. The van der Waals surface area contributed by atoms with E-state index >= 15 is 0 Å². The van der Waals surface area contributed by atoms with Crippen LogP contribution in [0.25, 0.3) is 0 Å². The maximum Gasteiger partial charge on any atom is 0.253 e. The van der Waals surface area contributed by atoms with Crippen LogP contribution in [0.5, 0.6) is 0 Å². The fourth-order valence-corrected chi connectivity index (χ4v) is 1.84. The third-order valence-electron chi connectivity index (χ3n) is 2.99. The summed E-state index contributed by atoms with van der Waals surface area (Å²) in [5.41, 5.74) is 1.39. The number of rotatable bonds is 5. The summed E-state index contributed by atoms with van der Waals surface area (Å²) >= 11 is 0. The van der Waals surface area contributed by atoms with Crippen LogP contribution < -0.4 is 10.9 Å². The normalized spacial score (nSPS) is 10.5. The van der Waals surface area contributed by atoms with Gasteiger partial charge in [-0.05, 0) is 13.8 Å². The molecule has 0 saturated heterocycles. The molecule has 0 unspecified atom stereocenters. The van der Waals surface area contributed by atoms with Crippen LogP contribution in [0.1, 0.15) is 17.0 Å². The van der Waals surface area contributed by atoms with E-state index < -0.39 is 0 Å². The number of hydrogen-bond acceptors (Lipinski definition) is 5. The predicted molar refractivity (Wildman–Crippen MR) is 71.2 cm³/mol. The van der Waals surface area contributed by atoms with Crippen molar-refractivity contribution in [1.82, 2.24) is 20.0 Å². The lowest BCUT2D eigenvalue weighted by molar-refractivity contribution is -0.120. The van der Waals surface area contributed by atoms with Gasteiger partial charge in [0.25, 0.3) is 5.56 Å². The van der Waals surface area contributed by atoms with Gasteiger partial charge in [0, 0.05) is 30.9 Å². The smallest absolute Gasteiger partial charge is 0.253 e. The van der Waals surface area contributed by atoms with E-state index in [0.29, 0.717) is 18.8 Å². The molecule has 0 atom stereocenters. The molecule has 1 amide bonds. The Morgan fingerprint density at radius 2 is 2.25 bits per heavy atom. The van der Waals surface area contributed by atoms with E-state index in [9.17, 15) is 9.59 Å². The summed E-state index contributed by atoms with van der Waals surface area (Å²) in [6.45, 7) is 4.33. The number of carbonyl (C=O) groups excluding carboxylic acids is 1. The van der Waals surface area contributed by atoms with Gasteiger partial charge >= 0.3 is 0 Å². The first kappa shape index (κ1) is 14.0. The molecule has 0 radical (unpaired) electrons. The Labute approximate surface area is 115 Å². The highest BCUT2D eigenvalue weighted by atomic mass is 16.5. The van der Waals surface area contributed by atoms with Crippen molar-refractivity contribution in [3.05, 3.63) is 46.0 Å². The van der Waals surface area contributed by atoms with Crippen LogP contribution in [0.15, 0.2) is 27.9 Å². The number of hydrogen-bond donors (Lipinski definition) is 1. The zero-order valence-corrected chi connectivity index (χ0v) is 11.4. The fourth-order valence-electron chi connectivity index (χ4n) is 1.84. The summed E-state index contributed by atoms with van der Waals surface area (Å²) in [5, 5.41) is 6.56. The molecule has 0 saturated carbocycles. The minimum atomic E-state index is -0.139. The Hall–Kier alpha value is -2.44. The Bertz CT molecular complexity index is 640. The minimum absolute atomic E-state index is 0.128. The molecule has 7 heteroatoms. The molecule has 2 rings (SSSR count). The van der Waals surface area contributed by atoms with Crippen molar-refractivity contribution < 1.29 is 9.32 Å². The maximum atomic E-state index is 11.8. The van der Waals surface area contributed by atoms with Crippen LogP contribution in [0.4, 0.5) is 0 Å². The van der Waals surface area contributed by atoms with Crippen LogP contribution in [-0.2, 0) is 17.8 Å². The van der Waals surface area contributed by atoms with Gasteiger partial charge in [-0.25, -0.2) is 4.98 Å². The molecule has 2 aromatic rings. The number of carbonyl (C=O) groups is 1. The number of aromatic nitrogens is 3. The second-order valence-corrected chi connectivity index (χ2v) is 4.44. The summed E-state index contributed by atoms with van der Waals surface area (Å²) in [5.74, 6) is 0.525. The van der Waals surface area contributed by atoms with Gasteiger partial charge in [0.1, 0.15) is 5.76 Å². The average Bonchev–Trinajstić information content (AvgIpc) is 2.73. The molecule has 0 aromatic carbocycles. The quantitative estimate of drug-likeness (QED) is 0.843. The largest absolute Gasteiger partial charge is 0.361 e. The zero-order valence-electron chi connectivity index (χ0n) is 11.4. The molecule has 0 aliphatic rings. The summed E-state index contributed by atoms with van der Waals surface area (Å²) in [4.78, 5) is 27.1. The molecule has 0 bridgehead atoms. The molecule has 1 N–H and O–H groups in total. The maximum absolute atomic E-state index is 11.8. The Morgan fingerprint density at radius 3 is 2.90 bits per heavy atom. The average molecular weight is 276 g/mol. The lowest BCUT2D eigenvalue weighted by atomic mass is 10.1. The highest BCUT2D eigenvalue weighted by molar-refractivity contribution is 5.78. The Kier molecular flexibility index (Phi) is 4.29. The van der Waals surface area contributed by atoms with Crippen LogP contribution in [0.2, 0.25) is 0 Å². The van der Waals surface area contributed by atoms with Crippen molar-refractivity contribution in [2.75, 3.05) is 6.54 Å². The lowest BCUT2D eigenvalue weighted by Gasteiger charge is -2.06. The van der Waals surface area contributed by atoms with E-state index in [1.807, 2.05) is 0 Å². The number of amides is 1. The summed E-state index contributed by atoms with van der Waals surface area (Å²) in [6, 6.07) is 1.38. The molecular weight excluding hydrogens is 260 g/mol. The molecular formula is C13H16N4O3. The molecule has 2 aromatic heterocycles. The van der Waals surface area contributed by atoms with Crippen molar-refractivity contribution in [1.29, 1.82) is 0 Å². The van der Waals surface area contributed by atoms with Gasteiger partial charge in [0.05, 0.1) is 18.4 Å². The van der Waals surface area contributed by atoms with Crippen molar-refractivity contribution in [3.8, 4) is 0 Å². The van der Waals surface area contributed by atoms with Gasteiger partial charge in [-0.3, -0.25) is 14.2 Å². The van der Waals surface area contributed by atoms with Crippen molar-refractivity contribution in [2.45, 2.75) is 26.8 Å². The first-order chi connectivity index (χ1) is 9.58. The predicted octanol–water partition coefficient (Wildman–Crippen LogP) is 0.207. The van der Waals surface area contributed by atoms with E-state index in [4.69, 9.17) is 4.52 Å². The van der Waals surface area contributed by atoms with E-state index in [0.717, 1.165) is 11.3 Å². The Morgan fingerprint density at radius 1 is 1.45 bits per heavy atom. The van der Waals surface area contributed by atoms with Crippen molar-refractivity contribution in [2.24, 2.45) is 0 Å². The fraction of sp³-hybridized carbons (Fsp3) is 0.385. The standard InChI is InChI=1S/C13H16N4O3/c1-9-11(10(2)20-16-9)7-12(18)15-5-6-17-8-14-4-3-13(17)19/h3-4,8H,5-7H2,1-2H3,(H,15,18). The first-order valence-electron chi connectivity index (χ1n) is 6.27. The topological polar surface area (TPSA) is 90.0 Å². The second kappa shape index (κ2) is 6.14. The highest BCUT2D eigenvalue weighted by Gasteiger charge is 2.12. The summed E-state index contributed by atoms with van der Waals surface area (Å²) < 4.78 is 6.44. The molecule has 20 heavy (non-hydrogen) atoms. The van der Waals surface area contributed by atoms with E-state index in [-0.39, 0.29) is 17.9 Å². The summed E-state index contributed by atoms with van der Waals surface area (Å²) in [6.07, 6.45) is 3.11.